The van der Waals surface area contributed by atoms with Crippen LogP contribution < -0.4 is 20.1 Å². The Bertz CT molecular complexity index is 722. The molecular formula is C21H27N3O3. The van der Waals surface area contributed by atoms with E-state index in [1.165, 1.54) is 5.56 Å². The molecule has 0 saturated heterocycles. The lowest BCUT2D eigenvalue weighted by Crippen LogP contribution is -2.41. The highest BCUT2D eigenvalue weighted by Gasteiger charge is 2.22. The molecule has 2 aromatic rings. The number of guanidine groups is 1. The van der Waals surface area contributed by atoms with Crippen LogP contribution in [0.1, 0.15) is 11.1 Å². The Labute approximate surface area is 160 Å². The van der Waals surface area contributed by atoms with E-state index < -0.39 is 0 Å². The fourth-order valence-electron chi connectivity index (χ4n) is 2.93. The van der Waals surface area contributed by atoms with Crippen LogP contribution in [0.15, 0.2) is 53.5 Å². The van der Waals surface area contributed by atoms with E-state index in [2.05, 4.69) is 21.7 Å². The van der Waals surface area contributed by atoms with Crippen molar-refractivity contribution in [3.05, 3.63) is 59.7 Å². The summed E-state index contributed by atoms with van der Waals surface area (Å²) >= 11 is 0. The van der Waals surface area contributed by atoms with Gasteiger partial charge in [0.1, 0.15) is 24.2 Å². The molecule has 1 aliphatic heterocycles. The van der Waals surface area contributed by atoms with Gasteiger partial charge in [-0.15, -0.1) is 0 Å². The average molecular weight is 369 g/mol. The normalized spacial score (nSPS) is 15.8. The highest BCUT2D eigenvalue weighted by atomic mass is 16.5. The first-order chi connectivity index (χ1) is 13.3. The van der Waals surface area contributed by atoms with Gasteiger partial charge in [-0.3, -0.25) is 4.99 Å². The van der Waals surface area contributed by atoms with Gasteiger partial charge in [-0.2, -0.15) is 0 Å². The number of nitrogens with one attached hydrogen (secondary N) is 2. The van der Waals surface area contributed by atoms with Crippen LogP contribution in [-0.4, -0.2) is 46.0 Å². The molecule has 1 atom stereocenters. The van der Waals surface area contributed by atoms with Crippen LogP contribution >= 0.6 is 0 Å². The Morgan fingerprint density at radius 3 is 2.67 bits per heavy atom. The second kappa shape index (κ2) is 9.83. The van der Waals surface area contributed by atoms with Gasteiger partial charge in [0.2, 0.25) is 0 Å². The summed E-state index contributed by atoms with van der Waals surface area (Å²) in [4.78, 5) is 4.28. The van der Waals surface area contributed by atoms with E-state index in [9.17, 15) is 0 Å². The van der Waals surface area contributed by atoms with E-state index in [1.807, 2.05) is 42.5 Å². The van der Waals surface area contributed by atoms with Crippen molar-refractivity contribution in [1.29, 1.82) is 0 Å². The number of methoxy groups -OCH3 is 1. The quantitative estimate of drug-likeness (QED) is 0.425. The summed E-state index contributed by atoms with van der Waals surface area (Å²) in [6.45, 7) is 2.53. The highest BCUT2D eigenvalue weighted by molar-refractivity contribution is 5.79. The van der Waals surface area contributed by atoms with E-state index in [1.54, 1.807) is 14.2 Å². The van der Waals surface area contributed by atoms with Crippen molar-refractivity contribution in [3.63, 3.8) is 0 Å². The Morgan fingerprint density at radius 2 is 1.93 bits per heavy atom. The van der Waals surface area contributed by atoms with Crippen LogP contribution in [0, 0.1) is 0 Å². The number of para-hydroxylation sites is 1. The van der Waals surface area contributed by atoms with Crippen LogP contribution in [0.3, 0.4) is 0 Å². The van der Waals surface area contributed by atoms with Gasteiger partial charge < -0.3 is 24.8 Å². The molecule has 3 rings (SSSR count). The zero-order chi connectivity index (χ0) is 18.9. The van der Waals surface area contributed by atoms with Crippen LogP contribution in [0.25, 0.3) is 0 Å². The molecular weight excluding hydrogens is 342 g/mol. The minimum absolute atomic E-state index is 0.129. The molecule has 0 amide bonds. The molecule has 2 N–H and O–H groups in total. The minimum atomic E-state index is 0.129. The number of ether oxygens (including phenoxy) is 3. The lowest BCUT2D eigenvalue weighted by Gasteiger charge is -2.16. The second-order valence-corrected chi connectivity index (χ2v) is 6.34. The summed E-state index contributed by atoms with van der Waals surface area (Å²) in [6, 6.07) is 16.2. The Balaban J connectivity index is 1.40. The monoisotopic (exact) mass is 369 g/mol. The van der Waals surface area contributed by atoms with Crippen molar-refractivity contribution in [2.24, 2.45) is 4.99 Å². The molecule has 0 aliphatic carbocycles. The third-order valence-electron chi connectivity index (χ3n) is 4.37. The Morgan fingerprint density at radius 1 is 1.11 bits per heavy atom. The molecule has 6 nitrogen and oxygen atoms in total. The van der Waals surface area contributed by atoms with Crippen LogP contribution in [-0.2, 0) is 17.7 Å². The highest BCUT2D eigenvalue weighted by Crippen LogP contribution is 2.27. The molecule has 0 spiro atoms. The zero-order valence-electron chi connectivity index (χ0n) is 15.9. The van der Waals surface area contributed by atoms with E-state index in [0.717, 1.165) is 29.4 Å². The van der Waals surface area contributed by atoms with Gasteiger partial charge in [-0.05, 0) is 29.3 Å². The van der Waals surface area contributed by atoms with Gasteiger partial charge in [0.15, 0.2) is 5.96 Å². The maximum Gasteiger partial charge on any atom is 0.191 e. The molecule has 0 saturated carbocycles. The number of hydrogen-bond donors (Lipinski definition) is 2. The van der Waals surface area contributed by atoms with Crippen molar-refractivity contribution in [2.75, 3.05) is 33.9 Å². The fraction of sp³-hybridized carbons (Fsp3) is 0.381. The summed E-state index contributed by atoms with van der Waals surface area (Å²) in [5, 5.41) is 6.66. The smallest absolute Gasteiger partial charge is 0.191 e. The minimum Gasteiger partial charge on any atom is -0.491 e. The van der Waals surface area contributed by atoms with E-state index in [-0.39, 0.29) is 6.10 Å². The largest absolute Gasteiger partial charge is 0.491 e. The predicted octanol–water partition coefficient (Wildman–Crippen LogP) is 2.38. The number of aliphatic imine (C=N–C) groups is 1. The number of fused-ring (bicyclic) bond motifs is 1. The Kier molecular flexibility index (Phi) is 6.93. The molecule has 0 radical (unpaired) electrons. The average Bonchev–Trinajstić information content (AvgIpc) is 3.12. The molecule has 6 heteroatoms. The third-order valence-corrected chi connectivity index (χ3v) is 4.37. The first-order valence-electron chi connectivity index (χ1n) is 9.18. The van der Waals surface area contributed by atoms with Gasteiger partial charge >= 0.3 is 0 Å². The Hall–Kier alpha value is -2.73. The van der Waals surface area contributed by atoms with Gasteiger partial charge in [-0.1, -0.05) is 30.3 Å². The molecule has 0 aromatic heterocycles. The summed E-state index contributed by atoms with van der Waals surface area (Å²) in [6.07, 6.45) is 1.05. The fourth-order valence-corrected chi connectivity index (χ4v) is 2.93. The standard InChI is InChI=1S/C21H27N3O3/c1-22-21(24-15-19-13-17-5-3-4-6-20(17)27-19)23-14-16-7-9-18(10-8-16)26-12-11-25-2/h3-10,19H,11-15H2,1-2H3,(H2,22,23,24). The summed E-state index contributed by atoms with van der Waals surface area (Å²) in [7, 11) is 3.43. The van der Waals surface area contributed by atoms with E-state index in [4.69, 9.17) is 14.2 Å². The van der Waals surface area contributed by atoms with Gasteiger partial charge in [0.25, 0.3) is 0 Å². The predicted molar refractivity (Wildman–Crippen MR) is 107 cm³/mol. The first kappa shape index (κ1) is 19.0. The number of nitrogens with zero attached hydrogens (tertiary/aromatic N) is 1. The topological polar surface area (TPSA) is 64.1 Å². The van der Waals surface area contributed by atoms with Crippen molar-refractivity contribution in [1.82, 2.24) is 10.6 Å². The van der Waals surface area contributed by atoms with Crippen molar-refractivity contribution in [3.8, 4) is 11.5 Å². The number of benzene rings is 2. The summed E-state index contributed by atoms with van der Waals surface area (Å²) in [5.41, 5.74) is 2.42. The van der Waals surface area contributed by atoms with Crippen LogP contribution in [0.5, 0.6) is 11.5 Å². The molecule has 1 unspecified atom stereocenters. The van der Waals surface area contributed by atoms with E-state index in [0.29, 0.717) is 26.3 Å². The lowest BCUT2D eigenvalue weighted by atomic mass is 10.1. The number of rotatable bonds is 8. The van der Waals surface area contributed by atoms with Crippen molar-refractivity contribution >= 4 is 5.96 Å². The van der Waals surface area contributed by atoms with Crippen LogP contribution in [0.2, 0.25) is 0 Å². The third kappa shape index (κ3) is 5.62. The maximum atomic E-state index is 5.95. The lowest BCUT2D eigenvalue weighted by molar-refractivity contribution is 0.146. The first-order valence-corrected chi connectivity index (χ1v) is 9.18. The second-order valence-electron chi connectivity index (χ2n) is 6.34. The maximum absolute atomic E-state index is 5.95. The van der Waals surface area contributed by atoms with Gasteiger partial charge in [-0.25, -0.2) is 0 Å². The molecule has 1 aliphatic rings. The van der Waals surface area contributed by atoms with E-state index >= 15 is 0 Å². The molecule has 0 fully saturated rings. The zero-order valence-corrected chi connectivity index (χ0v) is 15.9. The molecule has 144 valence electrons. The summed E-state index contributed by atoms with van der Waals surface area (Å²) < 4.78 is 16.5. The van der Waals surface area contributed by atoms with Crippen LogP contribution in [0.4, 0.5) is 0 Å². The molecule has 27 heavy (non-hydrogen) atoms. The van der Waals surface area contributed by atoms with Gasteiger partial charge in [0, 0.05) is 27.1 Å². The van der Waals surface area contributed by atoms with Crippen molar-refractivity contribution < 1.29 is 14.2 Å². The van der Waals surface area contributed by atoms with Gasteiger partial charge in [0.05, 0.1) is 13.2 Å². The SMILES string of the molecule is CN=C(NCc1ccc(OCCOC)cc1)NCC1Cc2ccccc2O1. The number of hydrogen-bond acceptors (Lipinski definition) is 4. The molecule has 1 heterocycles. The molecule has 0 bridgehead atoms. The van der Waals surface area contributed by atoms with Crippen molar-refractivity contribution in [2.45, 2.75) is 19.1 Å². The molecule has 2 aromatic carbocycles. The summed E-state index contributed by atoms with van der Waals surface area (Å²) in [5.74, 6) is 2.59.